The molecular weight excluding hydrogens is 248 g/mol. The zero-order valence-corrected chi connectivity index (χ0v) is 10.9. The van der Waals surface area contributed by atoms with Crippen molar-refractivity contribution in [1.29, 1.82) is 0 Å². The normalized spacial score (nSPS) is 12.3. The molecule has 1 aromatic carbocycles. The summed E-state index contributed by atoms with van der Waals surface area (Å²) in [7, 11) is 0. The molecule has 0 aliphatic carbocycles. The predicted octanol–water partition coefficient (Wildman–Crippen LogP) is 3.29. The fourth-order valence-electron chi connectivity index (χ4n) is 1.67. The first-order valence-corrected chi connectivity index (χ1v) is 6.16. The average Bonchev–Trinajstić information content (AvgIpc) is 2.41. The van der Waals surface area contributed by atoms with Crippen molar-refractivity contribution < 1.29 is 5.11 Å². The topological polar surface area (TPSA) is 45.1 Å². The van der Waals surface area contributed by atoms with Crippen molar-refractivity contribution in [2.75, 3.05) is 0 Å². The highest BCUT2D eigenvalue weighted by Gasteiger charge is 2.06. The Bertz CT molecular complexity index is 516. The van der Waals surface area contributed by atoms with Gasteiger partial charge in [-0.1, -0.05) is 23.7 Å². The molecule has 2 N–H and O–H groups in total. The van der Waals surface area contributed by atoms with Crippen LogP contribution in [0, 0.1) is 0 Å². The Balaban J connectivity index is 1.97. The van der Waals surface area contributed by atoms with Crippen LogP contribution in [-0.4, -0.2) is 10.1 Å². The van der Waals surface area contributed by atoms with Crippen molar-refractivity contribution in [3.05, 3.63) is 58.9 Å². The van der Waals surface area contributed by atoms with Crippen molar-refractivity contribution in [3.63, 3.8) is 0 Å². The quantitative estimate of drug-likeness (QED) is 0.889. The van der Waals surface area contributed by atoms with E-state index < -0.39 is 0 Å². The molecule has 1 heterocycles. The average molecular weight is 263 g/mol. The Kier molecular flexibility index (Phi) is 4.18. The molecule has 0 radical (unpaired) electrons. The van der Waals surface area contributed by atoms with Crippen molar-refractivity contribution >= 4 is 11.6 Å². The first-order valence-electron chi connectivity index (χ1n) is 5.78. The highest BCUT2D eigenvalue weighted by Crippen LogP contribution is 2.23. The van der Waals surface area contributed by atoms with E-state index >= 15 is 0 Å². The first kappa shape index (κ1) is 12.9. The Morgan fingerprint density at radius 1 is 1.33 bits per heavy atom. The van der Waals surface area contributed by atoms with Gasteiger partial charge in [0.15, 0.2) is 0 Å². The van der Waals surface area contributed by atoms with Crippen LogP contribution in [0.15, 0.2) is 42.6 Å². The van der Waals surface area contributed by atoms with Gasteiger partial charge in [0.05, 0.1) is 10.7 Å². The zero-order valence-electron chi connectivity index (χ0n) is 10.1. The van der Waals surface area contributed by atoms with E-state index in [0.29, 0.717) is 11.6 Å². The molecule has 0 aliphatic rings. The van der Waals surface area contributed by atoms with Gasteiger partial charge in [0.25, 0.3) is 0 Å². The number of halogens is 1. The number of nitrogens with one attached hydrogen (secondary N) is 1. The minimum atomic E-state index is 0.109. The van der Waals surface area contributed by atoms with E-state index in [-0.39, 0.29) is 11.8 Å². The molecule has 0 saturated heterocycles. The van der Waals surface area contributed by atoms with Crippen LogP contribution in [0.4, 0.5) is 0 Å². The summed E-state index contributed by atoms with van der Waals surface area (Å²) in [5.74, 6) is 0.109. The summed E-state index contributed by atoms with van der Waals surface area (Å²) in [6, 6.07) is 11.2. The first-order chi connectivity index (χ1) is 8.66. The molecule has 1 atom stereocenters. The summed E-state index contributed by atoms with van der Waals surface area (Å²) in [5, 5.41) is 13.1. The number of hydrogen-bond acceptors (Lipinski definition) is 3. The standard InChI is InChI=1S/C14H15ClN2O/c1-10(13-4-2-3-7-16-13)17-9-11-5-6-14(18)12(15)8-11/h2-8,10,17-18H,9H2,1H3/t10-/m0/s1. The van der Waals surface area contributed by atoms with Gasteiger partial charge in [0.1, 0.15) is 5.75 Å². The van der Waals surface area contributed by atoms with Gasteiger partial charge in [-0.15, -0.1) is 0 Å². The lowest BCUT2D eigenvalue weighted by molar-refractivity contribution is 0.475. The fourth-order valence-corrected chi connectivity index (χ4v) is 1.87. The lowest BCUT2D eigenvalue weighted by Crippen LogP contribution is -2.18. The van der Waals surface area contributed by atoms with Crippen molar-refractivity contribution in [3.8, 4) is 5.75 Å². The molecule has 0 spiro atoms. The molecule has 0 fully saturated rings. The van der Waals surface area contributed by atoms with Gasteiger partial charge in [-0.3, -0.25) is 4.98 Å². The summed E-state index contributed by atoms with van der Waals surface area (Å²) in [5.41, 5.74) is 2.03. The van der Waals surface area contributed by atoms with Gasteiger partial charge < -0.3 is 10.4 Å². The lowest BCUT2D eigenvalue weighted by atomic mass is 10.1. The maximum atomic E-state index is 9.34. The summed E-state index contributed by atoms with van der Waals surface area (Å²) in [6.45, 7) is 2.74. The predicted molar refractivity (Wildman–Crippen MR) is 72.6 cm³/mol. The second-order valence-electron chi connectivity index (χ2n) is 4.14. The number of pyridine rings is 1. The minimum absolute atomic E-state index is 0.109. The number of hydrogen-bond donors (Lipinski definition) is 2. The van der Waals surface area contributed by atoms with Crippen molar-refractivity contribution in [2.24, 2.45) is 0 Å². The van der Waals surface area contributed by atoms with E-state index in [1.807, 2.05) is 24.3 Å². The third kappa shape index (κ3) is 3.22. The Hall–Kier alpha value is -1.58. The van der Waals surface area contributed by atoms with Crippen LogP contribution in [-0.2, 0) is 6.54 Å². The molecule has 0 unspecified atom stereocenters. The molecule has 0 aliphatic heterocycles. The van der Waals surface area contributed by atoms with E-state index in [0.717, 1.165) is 11.3 Å². The molecule has 4 heteroatoms. The van der Waals surface area contributed by atoms with Gasteiger partial charge >= 0.3 is 0 Å². The number of rotatable bonds is 4. The van der Waals surface area contributed by atoms with E-state index in [1.165, 1.54) is 0 Å². The molecule has 2 rings (SSSR count). The molecule has 0 saturated carbocycles. The van der Waals surface area contributed by atoms with Crippen LogP contribution < -0.4 is 5.32 Å². The summed E-state index contributed by atoms with van der Waals surface area (Å²) in [6.07, 6.45) is 1.78. The van der Waals surface area contributed by atoms with Gasteiger partial charge in [0, 0.05) is 18.8 Å². The number of phenols is 1. The third-order valence-corrected chi connectivity index (χ3v) is 3.06. The number of aromatic hydroxyl groups is 1. The molecule has 18 heavy (non-hydrogen) atoms. The monoisotopic (exact) mass is 262 g/mol. The summed E-state index contributed by atoms with van der Waals surface area (Å²) < 4.78 is 0. The maximum absolute atomic E-state index is 9.34. The van der Waals surface area contributed by atoms with Crippen LogP contribution in [0.2, 0.25) is 5.02 Å². The molecule has 1 aromatic heterocycles. The molecule has 94 valence electrons. The third-order valence-electron chi connectivity index (χ3n) is 2.76. The SMILES string of the molecule is C[C@H](NCc1ccc(O)c(Cl)c1)c1ccccn1. The summed E-state index contributed by atoms with van der Waals surface area (Å²) in [4.78, 5) is 4.29. The number of aromatic nitrogens is 1. The summed E-state index contributed by atoms with van der Waals surface area (Å²) >= 11 is 5.86. The second kappa shape index (κ2) is 5.85. The Labute approximate surface area is 111 Å². The smallest absolute Gasteiger partial charge is 0.134 e. The number of nitrogens with zero attached hydrogens (tertiary/aromatic N) is 1. The van der Waals surface area contributed by atoms with Gasteiger partial charge in [-0.2, -0.15) is 0 Å². The molecule has 2 aromatic rings. The van der Waals surface area contributed by atoms with Crippen LogP contribution >= 0.6 is 11.6 Å². The van der Waals surface area contributed by atoms with Crippen LogP contribution in [0.5, 0.6) is 5.75 Å². The number of phenolic OH excluding ortho intramolecular Hbond substituents is 1. The molecular formula is C14H15ClN2O. The Morgan fingerprint density at radius 2 is 2.17 bits per heavy atom. The molecule has 0 amide bonds. The van der Waals surface area contributed by atoms with E-state index in [4.69, 9.17) is 11.6 Å². The maximum Gasteiger partial charge on any atom is 0.134 e. The van der Waals surface area contributed by atoms with Crippen LogP contribution in [0.1, 0.15) is 24.2 Å². The van der Waals surface area contributed by atoms with Gasteiger partial charge in [-0.25, -0.2) is 0 Å². The zero-order chi connectivity index (χ0) is 13.0. The van der Waals surface area contributed by atoms with Crippen molar-refractivity contribution in [1.82, 2.24) is 10.3 Å². The van der Waals surface area contributed by atoms with Gasteiger partial charge in [-0.05, 0) is 36.8 Å². The highest BCUT2D eigenvalue weighted by molar-refractivity contribution is 6.32. The Morgan fingerprint density at radius 3 is 2.83 bits per heavy atom. The molecule has 0 bridgehead atoms. The van der Waals surface area contributed by atoms with Crippen molar-refractivity contribution in [2.45, 2.75) is 19.5 Å². The van der Waals surface area contributed by atoms with E-state index in [9.17, 15) is 5.11 Å². The minimum Gasteiger partial charge on any atom is -0.506 e. The van der Waals surface area contributed by atoms with Crippen LogP contribution in [0.25, 0.3) is 0 Å². The van der Waals surface area contributed by atoms with Gasteiger partial charge in [0.2, 0.25) is 0 Å². The van der Waals surface area contributed by atoms with E-state index in [1.54, 1.807) is 18.3 Å². The van der Waals surface area contributed by atoms with Crippen LogP contribution in [0.3, 0.4) is 0 Å². The fraction of sp³-hybridized carbons (Fsp3) is 0.214. The molecule has 3 nitrogen and oxygen atoms in total. The largest absolute Gasteiger partial charge is 0.506 e. The lowest BCUT2D eigenvalue weighted by Gasteiger charge is -2.13. The number of benzene rings is 1. The second-order valence-corrected chi connectivity index (χ2v) is 4.55. The highest BCUT2D eigenvalue weighted by atomic mass is 35.5. The van der Waals surface area contributed by atoms with E-state index in [2.05, 4.69) is 17.2 Å².